The van der Waals surface area contributed by atoms with Gasteiger partial charge in [-0.1, -0.05) is 31.2 Å². The molecule has 168 valence electrons. The predicted molar refractivity (Wildman–Crippen MR) is 116 cm³/mol. The summed E-state index contributed by atoms with van der Waals surface area (Å²) >= 11 is 0. The molecule has 0 saturated heterocycles. The molecular formula is C22H24N4O6. The molecule has 0 spiro atoms. The number of nitrogens with zero attached hydrogens (tertiary/aromatic N) is 3. The summed E-state index contributed by atoms with van der Waals surface area (Å²) in [5.74, 6) is -0.608. The lowest BCUT2D eigenvalue weighted by atomic mass is 10.0. The van der Waals surface area contributed by atoms with Gasteiger partial charge < -0.3 is 19.5 Å². The van der Waals surface area contributed by atoms with E-state index in [0.29, 0.717) is 22.4 Å². The van der Waals surface area contributed by atoms with Gasteiger partial charge in [-0.25, -0.2) is 4.79 Å². The van der Waals surface area contributed by atoms with Gasteiger partial charge in [-0.05, 0) is 30.2 Å². The molecule has 2 aromatic carbocycles. The Morgan fingerprint density at radius 2 is 1.72 bits per heavy atom. The highest BCUT2D eigenvalue weighted by Gasteiger charge is 2.27. The molecule has 0 aliphatic carbocycles. The number of hydrogen-bond acceptors (Lipinski definition) is 8. The Balaban J connectivity index is 1.73. The van der Waals surface area contributed by atoms with E-state index in [1.165, 1.54) is 26.4 Å². The fourth-order valence-electron chi connectivity index (χ4n) is 2.98. The lowest BCUT2D eigenvalue weighted by molar-refractivity contribution is -0.151. The molecule has 0 unspecified atom stereocenters. The maximum Gasteiger partial charge on any atom is 0.330 e. The number of carbonyl (C=O) groups is 2. The largest absolute Gasteiger partial charge is 0.497 e. The van der Waals surface area contributed by atoms with E-state index >= 15 is 0 Å². The monoisotopic (exact) mass is 440 g/mol. The second-order valence-electron chi connectivity index (χ2n) is 7.30. The molecule has 0 aliphatic heterocycles. The average Bonchev–Trinajstić information content (AvgIpc) is 2.81. The number of hydrogen-bond donors (Lipinski definition) is 1. The van der Waals surface area contributed by atoms with Crippen LogP contribution in [0.4, 0.5) is 0 Å². The second-order valence-corrected chi connectivity index (χ2v) is 7.30. The molecule has 32 heavy (non-hydrogen) atoms. The van der Waals surface area contributed by atoms with Crippen molar-refractivity contribution in [3.8, 4) is 11.5 Å². The summed E-state index contributed by atoms with van der Waals surface area (Å²) in [5, 5.41) is 10.8. The summed E-state index contributed by atoms with van der Waals surface area (Å²) < 4.78 is 16.6. The zero-order valence-electron chi connectivity index (χ0n) is 18.2. The van der Waals surface area contributed by atoms with Crippen LogP contribution in [0, 0.1) is 5.92 Å². The van der Waals surface area contributed by atoms with E-state index in [2.05, 4.69) is 15.6 Å². The number of carbonyl (C=O) groups excluding carboxylic acids is 2. The summed E-state index contributed by atoms with van der Waals surface area (Å²) in [6.07, 6.45) is 0. The summed E-state index contributed by atoms with van der Waals surface area (Å²) in [5.41, 5.74) is 0.273. The molecule has 1 amide bonds. The molecule has 1 atom stereocenters. The van der Waals surface area contributed by atoms with Crippen molar-refractivity contribution in [1.29, 1.82) is 0 Å². The highest BCUT2D eigenvalue weighted by atomic mass is 16.5. The minimum Gasteiger partial charge on any atom is -0.497 e. The zero-order chi connectivity index (χ0) is 23.3. The molecule has 1 aromatic heterocycles. The number of benzene rings is 2. The van der Waals surface area contributed by atoms with Gasteiger partial charge in [0.15, 0.2) is 6.73 Å². The van der Waals surface area contributed by atoms with E-state index in [9.17, 15) is 14.4 Å². The van der Waals surface area contributed by atoms with Crippen molar-refractivity contribution in [3.05, 3.63) is 58.4 Å². The maximum atomic E-state index is 12.8. The van der Waals surface area contributed by atoms with Crippen LogP contribution in [0.15, 0.2) is 47.3 Å². The van der Waals surface area contributed by atoms with Crippen molar-refractivity contribution >= 4 is 22.8 Å². The van der Waals surface area contributed by atoms with Gasteiger partial charge in [0.25, 0.3) is 11.5 Å². The number of fused-ring (bicyclic) bond motifs is 1. The van der Waals surface area contributed by atoms with Crippen LogP contribution in [0.2, 0.25) is 0 Å². The second kappa shape index (κ2) is 9.90. The minimum atomic E-state index is -0.955. The van der Waals surface area contributed by atoms with Crippen LogP contribution in [0.1, 0.15) is 24.2 Å². The molecule has 1 heterocycles. The standard InChI is InChI=1S/C22H24N4O6/c1-13(2)19(23-20(27)14-9-15(30-3)11-16(10-14)31-4)22(29)32-12-26-21(28)17-7-5-6-8-18(17)24-25-26/h5-11,13,19H,12H2,1-4H3,(H,23,27)/t19-/m1/s1. The van der Waals surface area contributed by atoms with E-state index in [4.69, 9.17) is 14.2 Å². The Hall–Kier alpha value is -3.95. The number of rotatable bonds is 8. The lowest BCUT2D eigenvalue weighted by Gasteiger charge is -2.21. The van der Waals surface area contributed by atoms with Crippen LogP contribution in [0.3, 0.4) is 0 Å². The summed E-state index contributed by atoms with van der Waals surface area (Å²) in [6.45, 7) is 3.10. The van der Waals surface area contributed by atoms with Crippen LogP contribution in [-0.4, -0.2) is 47.1 Å². The first-order chi connectivity index (χ1) is 15.3. The molecule has 0 saturated carbocycles. The minimum absolute atomic E-state index is 0.260. The van der Waals surface area contributed by atoms with Crippen molar-refractivity contribution in [2.24, 2.45) is 5.92 Å². The molecule has 0 radical (unpaired) electrons. The van der Waals surface area contributed by atoms with Crippen molar-refractivity contribution in [2.45, 2.75) is 26.6 Å². The first kappa shape index (κ1) is 22.7. The van der Waals surface area contributed by atoms with Crippen molar-refractivity contribution in [1.82, 2.24) is 20.3 Å². The van der Waals surface area contributed by atoms with Crippen molar-refractivity contribution in [2.75, 3.05) is 14.2 Å². The molecule has 3 rings (SSSR count). The average molecular weight is 440 g/mol. The van der Waals surface area contributed by atoms with Gasteiger partial charge in [0.2, 0.25) is 0 Å². The molecule has 0 fully saturated rings. The first-order valence-corrected chi connectivity index (χ1v) is 9.87. The lowest BCUT2D eigenvalue weighted by Crippen LogP contribution is -2.45. The zero-order valence-corrected chi connectivity index (χ0v) is 18.2. The molecular weight excluding hydrogens is 416 g/mol. The third-order valence-corrected chi connectivity index (χ3v) is 4.78. The highest BCUT2D eigenvalue weighted by Crippen LogP contribution is 2.22. The van der Waals surface area contributed by atoms with Gasteiger partial charge in [0.05, 0.1) is 19.6 Å². The van der Waals surface area contributed by atoms with Crippen molar-refractivity contribution < 1.29 is 23.8 Å². The van der Waals surface area contributed by atoms with Crippen molar-refractivity contribution in [3.63, 3.8) is 0 Å². The number of nitrogens with one attached hydrogen (secondary N) is 1. The Labute approximate surface area is 184 Å². The molecule has 0 aliphatic rings. The van der Waals surface area contributed by atoms with Crippen LogP contribution in [-0.2, 0) is 16.3 Å². The summed E-state index contributed by atoms with van der Waals surface area (Å²) in [7, 11) is 2.95. The molecule has 10 heteroatoms. The van der Waals surface area contributed by atoms with Gasteiger partial charge >= 0.3 is 5.97 Å². The van der Waals surface area contributed by atoms with Crippen LogP contribution >= 0.6 is 0 Å². The number of amides is 1. The molecule has 10 nitrogen and oxygen atoms in total. The third kappa shape index (κ3) is 5.02. The normalized spacial score (nSPS) is 11.8. The molecule has 1 N–H and O–H groups in total. The van der Waals surface area contributed by atoms with E-state index in [-0.39, 0.29) is 11.5 Å². The fourth-order valence-corrected chi connectivity index (χ4v) is 2.98. The Morgan fingerprint density at radius 3 is 2.34 bits per heavy atom. The number of methoxy groups -OCH3 is 2. The fraction of sp³-hybridized carbons (Fsp3) is 0.318. The first-order valence-electron chi connectivity index (χ1n) is 9.87. The Kier molecular flexibility index (Phi) is 7.04. The Bertz CT molecular complexity index is 1170. The van der Waals surface area contributed by atoms with Gasteiger partial charge in [0, 0.05) is 11.6 Å². The SMILES string of the molecule is COc1cc(OC)cc(C(=O)N[C@@H](C(=O)OCn2nnc3ccccc3c2=O)C(C)C)c1. The highest BCUT2D eigenvalue weighted by molar-refractivity contribution is 5.97. The van der Waals surface area contributed by atoms with E-state index in [1.807, 2.05) is 0 Å². The van der Waals surface area contributed by atoms with Crippen LogP contribution < -0.4 is 20.3 Å². The molecule has 3 aromatic rings. The smallest absolute Gasteiger partial charge is 0.330 e. The van der Waals surface area contributed by atoms with E-state index < -0.39 is 30.2 Å². The van der Waals surface area contributed by atoms with Crippen LogP contribution in [0.5, 0.6) is 11.5 Å². The van der Waals surface area contributed by atoms with Gasteiger partial charge in [0.1, 0.15) is 23.1 Å². The predicted octanol–water partition coefficient (Wildman–Crippen LogP) is 1.76. The topological polar surface area (TPSA) is 122 Å². The van der Waals surface area contributed by atoms with E-state index in [1.54, 1.807) is 44.2 Å². The number of esters is 1. The Morgan fingerprint density at radius 1 is 1.06 bits per heavy atom. The summed E-state index contributed by atoms with van der Waals surface area (Å²) in [6, 6.07) is 10.5. The van der Waals surface area contributed by atoms with Gasteiger partial charge in [-0.2, -0.15) is 4.68 Å². The van der Waals surface area contributed by atoms with Gasteiger partial charge in [-0.15, -0.1) is 5.10 Å². The number of ether oxygens (including phenoxy) is 3. The molecule has 0 bridgehead atoms. The van der Waals surface area contributed by atoms with E-state index in [0.717, 1.165) is 4.68 Å². The maximum absolute atomic E-state index is 12.8. The quantitative estimate of drug-likeness (QED) is 0.526. The number of aromatic nitrogens is 3. The van der Waals surface area contributed by atoms with Gasteiger partial charge in [-0.3, -0.25) is 9.59 Å². The third-order valence-electron chi connectivity index (χ3n) is 4.78. The van der Waals surface area contributed by atoms with Crippen LogP contribution in [0.25, 0.3) is 10.9 Å². The summed E-state index contributed by atoms with van der Waals surface area (Å²) in [4.78, 5) is 38.0.